The number of hydrogen-bond acceptors (Lipinski definition) is 5. The minimum Gasteiger partial charge on any atom is -0.467 e. The minimum absolute atomic E-state index is 0.266. The molecule has 2 heterocycles. The van der Waals surface area contributed by atoms with E-state index < -0.39 is 5.97 Å². The van der Waals surface area contributed by atoms with E-state index in [-0.39, 0.29) is 19.1 Å². The molecule has 0 spiro atoms. The molecule has 1 aromatic heterocycles. The van der Waals surface area contributed by atoms with E-state index in [0.29, 0.717) is 11.3 Å². The summed E-state index contributed by atoms with van der Waals surface area (Å²) < 4.78 is 15.5. The average Bonchev–Trinajstić information content (AvgIpc) is 3.19. The third-order valence-electron chi connectivity index (χ3n) is 4.22. The monoisotopic (exact) mass is 359 g/mol. The van der Waals surface area contributed by atoms with Crippen molar-refractivity contribution in [1.82, 2.24) is 5.32 Å². The number of ether oxygens (including phenoxy) is 2. The summed E-state index contributed by atoms with van der Waals surface area (Å²) in [7, 11) is 0. The van der Waals surface area contributed by atoms with Crippen molar-refractivity contribution >= 4 is 11.9 Å². The number of nitrogens with one attached hydrogen (secondary N) is 2. The van der Waals surface area contributed by atoms with E-state index in [0.717, 1.165) is 38.4 Å². The number of carbonyl (C=O) groups is 2. The first kappa shape index (κ1) is 18.2. The van der Waals surface area contributed by atoms with Crippen LogP contribution >= 0.6 is 0 Å². The summed E-state index contributed by atoms with van der Waals surface area (Å²) in [5, 5.41) is 2.62. The number of rotatable bonds is 7. The molecule has 1 saturated heterocycles. The zero-order chi connectivity index (χ0) is 18.2. The molecule has 1 fully saturated rings. The van der Waals surface area contributed by atoms with Gasteiger partial charge in [-0.1, -0.05) is 12.1 Å². The molecule has 0 aliphatic carbocycles. The van der Waals surface area contributed by atoms with E-state index in [9.17, 15) is 9.59 Å². The molecule has 0 unspecified atom stereocenters. The number of esters is 1. The molecule has 1 aliphatic heterocycles. The third kappa shape index (κ3) is 5.44. The standard InChI is InChI=1S/C19H22N2O5/c22-18(20-12-17-2-1-9-25-17)14-26-19(23)16-5-3-15(4-6-16)13-21-7-10-24-11-8-21/h1-6,9H,7-8,10-14H2,(H,20,22)/p+1. The van der Waals surface area contributed by atoms with Crippen LogP contribution in [0, 0.1) is 0 Å². The highest BCUT2D eigenvalue weighted by Gasteiger charge is 2.15. The molecule has 3 rings (SSSR count). The van der Waals surface area contributed by atoms with Crippen LogP contribution in [-0.4, -0.2) is 44.8 Å². The van der Waals surface area contributed by atoms with Crippen LogP contribution in [0.2, 0.25) is 0 Å². The Morgan fingerprint density at radius 3 is 2.58 bits per heavy atom. The van der Waals surface area contributed by atoms with Crippen LogP contribution in [0.3, 0.4) is 0 Å². The Labute approximate surface area is 151 Å². The zero-order valence-corrected chi connectivity index (χ0v) is 14.5. The summed E-state index contributed by atoms with van der Waals surface area (Å²) in [5.74, 6) is -0.242. The predicted octanol–water partition coefficient (Wildman–Crippen LogP) is 0.168. The molecule has 7 heteroatoms. The SMILES string of the molecule is O=C(COC(=O)c1ccc(C[NH+]2CCOCC2)cc1)NCc1ccco1. The average molecular weight is 359 g/mol. The van der Waals surface area contributed by atoms with E-state index >= 15 is 0 Å². The van der Waals surface area contributed by atoms with Crippen molar-refractivity contribution in [3.8, 4) is 0 Å². The number of hydrogen-bond donors (Lipinski definition) is 2. The molecule has 1 aliphatic rings. The minimum atomic E-state index is -0.511. The van der Waals surface area contributed by atoms with Crippen molar-refractivity contribution in [3.63, 3.8) is 0 Å². The van der Waals surface area contributed by atoms with E-state index in [4.69, 9.17) is 13.9 Å². The van der Waals surface area contributed by atoms with Gasteiger partial charge >= 0.3 is 5.97 Å². The Kier molecular flexibility index (Phi) is 6.40. The van der Waals surface area contributed by atoms with Gasteiger partial charge in [-0.3, -0.25) is 4.79 Å². The lowest BCUT2D eigenvalue weighted by Crippen LogP contribution is -3.12. The van der Waals surface area contributed by atoms with Crippen molar-refractivity contribution in [2.75, 3.05) is 32.9 Å². The Bertz CT molecular complexity index is 706. The van der Waals surface area contributed by atoms with Crippen molar-refractivity contribution in [2.45, 2.75) is 13.1 Å². The van der Waals surface area contributed by atoms with Gasteiger partial charge in [-0.2, -0.15) is 0 Å². The number of carbonyl (C=O) groups excluding carboxylic acids is 2. The summed E-state index contributed by atoms with van der Waals surface area (Å²) in [4.78, 5) is 25.2. The second-order valence-electron chi connectivity index (χ2n) is 6.17. The normalized spacial score (nSPS) is 14.8. The Morgan fingerprint density at radius 1 is 1.12 bits per heavy atom. The van der Waals surface area contributed by atoms with E-state index in [1.807, 2.05) is 12.1 Å². The molecule has 2 aromatic rings. The molecular weight excluding hydrogens is 336 g/mol. The van der Waals surface area contributed by atoms with Gasteiger partial charge in [0.05, 0.1) is 31.6 Å². The number of furan rings is 1. The summed E-state index contributed by atoms with van der Waals surface area (Å²) in [6.45, 7) is 4.44. The largest absolute Gasteiger partial charge is 0.467 e. The quantitative estimate of drug-likeness (QED) is 0.689. The number of amides is 1. The molecule has 2 N–H and O–H groups in total. The van der Waals surface area contributed by atoms with E-state index in [2.05, 4.69) is 5.32 Å². The first-order valence-corrected chi connectivity index (χ1v) is 8.67. The molecule has 1 amide bonds. The zero-order valence-electron chi connectivity index (χ0n) is 14.5. The fourth-order valence-electron chi connectivity index (χ4n) is 2.75. The fourth-order valence-corrected chi connectivity index (χ4v) is 2.75. The van der Waals surface area contributed by atoms with Gasteiger partial charge in [0.1, 0.15) is 25.4 Å². The number of morpholine rings is 1. The third-order valence-corrected chi connectivity index (χ3v) is 4.22. The van der Waals surface area contributed by atoms with Gasteiger partial charge in [0, 0.05) is 5.56 Å². The summed E-state index contributed by atoms with van der Waals surface area (Å²) >= 11 is 0. The van der Waals surface area contributed by atoms with Gasteiger partial charge < -0.3 is 24.1 Å². The van der Waals surface area contributed by atoms with Crippen LogP contribution in [-0.2, 0) is 27.4 Å². The highest BCUT2D eigenvalue weighted by molar-refractivity contribution is 5.91. The van der Waals surface area contributed by atoms with Crippen LogP contribution in [0.25, 0.3) is 0 Å². The first-order chi connectivity index (χ1) is 12.7. The van der Waals surface area contributed by atoms with Crippen LogP contribution in [0.15, 0.2) is 47.1 Å². The van der Waals surface area contributed by atoms with E-state index in [1.54, 1.807) is 24.3 Å². The van der Waals surface area contributed by atoms with E-state index in [1.165, 1.54) is 11.2 Å². The Morgan fingerprint density at radius 2 is 1.88 bits per heavy atom. The van der Waals surface area contributed by atoms with Crippen LogP contribution in [0.5, 0.6) is 0 Å². The first-order valence-electron chi connectivity index (χ1n) is 8.67. The maximum atomic E-state index is 12.0. The van der Waals surface area contributed by atoms with Crippen molar-refractivity contribution in [3.05, 3.63) is 59.5 Å². The van der Waals surface area contributed by atoms with Crippen molar-refractivity contribution in [1.29, 1.82) is 0 Å². The van der Waals surface area contributed by atoms with Gasteiger partial charge in [0.2, 0.25) is 0 Å². The summed E-state index contributed by atoms with van der Waals surface area (Å²) in [6.07, 6.45) is 1.53. The van der Waals surface area contributed by atoms with Crippen LogP contribution in [0.1, 0.15) is 21.7 Å². The lowest BCUT2D eigenvalue weighted by molar-refractivity contribution is -0.921. The lowest BCUT2D eigenvalue weighted by atomic mass is 10.1. The number of quaternary nitrogens is 1. The van der Waals surface area contributed by atoms with Gasteiger partial charge in [-0.05, 0) is 24.3 Å². The maximum absolute atomic E-state index is 12.0. The molecule has 7 nitrogen and oxygen atoms in total. The maximum Gasteiger partial charge on any atom is 0.338 e. The molecule has 0 atom stereocenters. The molecule has 26 heavy (non-hydrogen) atoms. The lowest BCUT2D eigenvalue weighted by Gasteiger charge is -2.23. The highest BCUT2D eigenvalue weighted by atomic mass is 16.5. The molecule has 138 valence electrons. The van der Waals surface area contributed by atoms with Crippen LogP contribution < -0.4 is 10.2 Å². The van der Waals surface area contributed by atoms with Gasteiger partial charge in [0.15, 0.2) is 6.61 Å². The van der Waals surface area contributed by atoms with Gasteiger partial charge in [-0.15, -0.1) is 0 Å². The smallest absolute Gasteiger partial charge is 0.338 e. The molecule has 1 aromatic carbocycles. The Balaban J connectivity index is 1.41. The second-order valence-corrected chi connectivity index (χ2v) is 6.17. The second kappa shape index (κ2) is 9.17. The van der Waals surface area contributed by atoms with Gasteiger partial charge in [0.25, 0.3) is 5.91 Å². The molecule has 0 bridgehead atoms. The molecular formula is C19H23N2O5+. The highest BCUT2D eigenvalue weighted by Crippen LogP contribution is 2.06. The number of benzene rings is 1. The summed E-state index contributed by atoms with van der Waals surface area (Å²) in [5.41, 5.74) is 1.60. The Hall–Kier alpha value is -2.64. The van der Waals surface area contributed by atoms with Crippen LogP contribution in [0.4, 0.5) is 0 Å². The molecule has 0 saturated carbocycles. The molecule has 0 radical (unpaired) electrons. The summed E-state index contributed by atoms with van der Waals surface area (Å²) in [6, 6.07) is 10.8. The van der Waals surface area contributed by atoms with Crippen molar-refractivity contribution in [2.24, 2.45) is 0 Å². The van der Waals surface area contributed by atoms with Crippen molar-refractivity contribution < 1.29 is 28.4 Å². The topological polar surface area (TPSA) is 82.2 Å². The predicted molar refractivity (Wildman–Crippen MR) is 92.5 cm³/mol. The fraction of sp³-hybridized carbons (Fsp3) is 0.368. The van der Waals surface area contributed by atoms with Gasteiger partial charge in [-0.25, -0.2) is 4.79 Å².